The van der Waals surface area contributed by atoms with Gasteiger partial charge in [0.15, 0.2) is 0 Å². The van der Waals surface area contributed by atoms with Gasteiger partial charge in [0.05, 0.1) is 11.3 Å². The molecule has 40 heavy (non-hydrogen) atoms. The van der Waals surface area contributed by atoms with E-state index in [2.05, 4.69) is 12.1 Å². The fourth-order valence-corrected chi connectivity index (χ4v) is 4.71. The molecule has 0 N–H and O–H groups in total. The lowest BCUT2D eigenvalue weighted by atomic mass is 9.97. The molecule has 0 atom stereocenters. The number of alkyl halides is 3. The zero-order chi connectivity index (χ0) is 28.5. The van der Waals surface area contributed by atoms with E-state index < -0.39 is 23.3 Å². The molecule has 1 saturated heterocycles. The van der Waals surface area contributed by atoms with Gasteiger partial charge in [0.1, 0.15) is 17.0 Å². The molecule has 5 rings (SSSR count). The second-order valence-electron chi connectivity index (χ2n) is 10.1. The van der Waals surface area contributed by atoms with Crippen LogP contribution in [0, 0.1) is 0 Å². The van der Waals surface area contributed by atoms with Gasteiger partial charge in [-0.2, -0.15) is 13.2 Å². The quantitative estimate of drug-likeness (QED) is 0.223. The molecule has 0 spiro atoms. The number of anilines is 1. The standard InChI is InChI=1S/C32H27F3N2O3/c1-31(2)29(38)37(26-14-18-28(19-15-26)40-27-16-12-25(13-17-27)32(33,34)35)30(39)36(31)21-24-11-7-6-10-23(24)20-22-8-4-3-5-9-22/h3-19H,20-21H2,1-2H3. The van der Waals surface area contributed by atoms with E-state index in [9.17, 15) is 22.8 Å². The summed E-state index contributed by atoms with van der Waals surface area (Å²) in [5.74, 6) is 0.235. The Morgan fingerprint density at radius 2 is 1.27 bits per heavy atom. The van der Waals surface area contributed by atoms with Crippen molar-refractivity contribution in [2.75, 3.05) is 4.90 Å². The summed E-state index contributed by atoms with van der Waals surface area (Å²) in [7, 11) is 0. The van der Waals surface area contributed by atoms with Gasteiger partial charge in [0, 0.05) is 6.54 Å². The number of amides is 3. The van der Waals surface area contributed by atoms with E-state index in [1.165, 1.54) is 12.1 Å². The maximum absolute atomic E-state index is 13.6. The average Bonchev–Trinajstić information content (AvgIpc) is 3.09. The van der Waals surface area contributed by atoms with Crippen LogP contribution in [0.2, 0.25) is 0 Å². The smallest absolute Gasteiger partial charge is 0.416 e. The van der Waals surface area contributed by atoms with Crippen molar-refractivity contribution in [1.82, 2.24) is 4.90 Å². The zero-order valence-electron chi connectivity index (χ0n) is 22.0. The van der Waals surface area contributed by atoms with Crippen molar-refractivity contribution < 1.29 is 27.5 Å². The van der Waals surface area contributed by atoms with Crippen LogP contribution in [0.25, 0.3) is 0 Å². The van der Waals surface area contributed by atoms with Crippen molar-refractivity contribution in [3.63, 3.8) is 0 Å². The first kappa shape index (κ1) is 27.0. The number of nitrogens with zero attached hydrogens (tertiary/aromatic N) is 2. The fourth-order valence-electron chi connectivity index (χ4n) is 4.71. The number of benzene rings is 4. The van der Waals surface area contributed by atoms with Crippen molar-refractivity contribution in [1.29, 1.82) is 0 Å². The number of rotatable bonds is 7. The predicted molar refractivity (Wildman–Crippen MR) is 146 cm³/mol. The van der Waals surface area contributed by atoms with E-state index in [1.807, 2.05) is 42.5 Å². The highest BCUT2D eigenvalue weighted by Gasteiger charge is 2.51. The molecule has 204 valence electrons. The number of carbonyl (C=O) groups is 2. The highest BCUT2D eigenvalue weighted by atomic mass is 19.4. The summed E-state index contributed by atoms with van der Waals surface area (Å²) >= 11 is 0. The predicted octanol–water partition coefficient (Wildman–Crippen LogP) is 7.84. The van der Waals surface area contributed by atoms with Crippen LogP contribution in [0.15, 0.2) is 103 Å². The first-order valence-electron chi connectivity index (χ1n) is 12.8. The average molecular weight is 545 g/mol. The third-order valence-corrected chi connectivity index (χ3v) is 7.02. The number of ether oxygens (including phenoxy) is 1. The molecular weight excluding hydrogens is 517 g/mol. The molecule has 1 aliphatic rings. The fraction of sp³-hybridized carbons (Fsp3) is 0.188. The zero-order valence-corrected chi connectivity index (χ0v) is 22.0. The van der Waals surface area contributed by atoms with Crippen LogP contribution in [-0.2, 0) is 23.9 Å². The molecule has 0 aromatic heterocycles. The largest absolute Gasteiger partial charge is 0.457 e. The molecule has 0 saturated carbocycles. The van der Waals surface area contributed by atoms with E-state index in [-0.39, 0.29) is 18.2 Å². The third kappa shape index (κ3) is 5.43. The second-order valence-corrected chi connectivity index (χ2v) is 10.1. The van der Waals surface area contributed by atoms with E-state index in [0.717, 1.165) is 33.7 Å². The third-order valence-electron chi connectivity index (χ3n) is 7.02. The molecule has 0 aliphatic carbocycles. The van der Waals surface area contributed by atoms with Crippen molar-refractivity contribution >= 4 is 17.6 Å². The molecule has 4 aromatic rings. The number of halogens is 3. The van der Waals surface area contributed by atoms with Crippen LogP contribution in [0.1, 0.15) is 36.1 Å². The Morgan fingerprint density at radius 1 is 0.725 bits per heavy atom. The van der Waals surface area contributed by atoms with Crippen LogP contribution in [0.3, 0.4) is 0 Å². The van der Waals surface area contributed by atoms with E-state index in [4.69, 9.17) is 4.74 Å². The molecule has 1 heterocycles. The Morgan fingerprint density at radius 3 is 1.88 bits per heavy atom. The van der Waals surface area contributed by atoms with Gasteiger partial charge in [0.25, 0.3) is 5.91 Å². The Kier molecular flexibility index (Phi) is 7.10. The maximum Gasteiger partial charge on any atom is 0.416 e. The van der Waals surface area contributed by atoms with E-state index >= 15 is 0 Å². The van der Waals surface area contributed by atoms with Crippen LogP contribution in [0.4, 0.5) is 23.7 Å². The molecule has 1 fully saturated rings. The first-order valence-corrected chi connectivity index (χ1v) is 12.8. The van der Waals surface area contributed by atoms with Crippen LogP contribution in [0.5, 0.6) is 11.5 Å². The SMILES string of the molecule is CC1(C)C(=O)N(c2ccc(Oc3ccc(C(F)(F)F)cc3)cc2)C(=O)N1Cc1ccccc1Cc1ccccc1. The molecule has 5 nitrogen and oxygen atoms in total. The number of urea groups is 1. The van der Waals surface area contributed by atoms with Crippen molar-refractivity contribution in [3.05, 3.63) is 125 Å². The molecule has 1 aliphatic heterocycles. The lowest BCUT2D eigenvalue weighted by Gasteiger charge is -2.28. The number of hydrogen-bond acceptors (Lipinski definition) is 3. The minimum Gasteiger partial charge on any atom is -0.457 e. The Hall–Kier alpha value is -4.59. The monoisotopic (exact) mass is 544 g/mol. The topological polar surface area (TPSA) is 49.9 Å². The molecule has 0 unspecified atom stereocenters. The minimum absolute atomic E-state index is 0.232. The van der Waals surface area contributed by atoms with Crippen LogP contribution < -0.4 is 9.64 Å². The summed E-state index contributed by atoms with van der Waals surface area (Å²) in [6, 6.07) is 28.2. The van der Waals surface area contributed by atoms with E-state index in [1.54, 1.807) is 43.0 Å². The highest BCUT2D eigenvalue weighted by molar-refractivity contribution is 6.22. The summed E-state index contributed by atoms with van der Waals surface area (Å²) in [5, 5.41) is 0. The highest BCUT2D eigenvalue weighted by Crippen LogP contribution is 2.36. The van der Waals surface area contributed by atoms with Gasteiger partial charge in [-0.05, 0) is 85.5 Å². The van der Waals surface area contributed by atoms with Gasteiger partial charge in [-0.3, -0.25) is 4.79 Å². The normalized spacial score (nSPS) is 15.0. The summed E-state index contributed by atoms with van der Waals surface area (Å²) in [5.41, 5.74) is 1.72. The summed E-state index contributed by atoms with van der Waals surface area (Å²) in [4.78, 5) is 29.8. The maximum atomic E-state index is 13.6. The van der Waals surface area contributed by atoms with Crippen molar-refractivity contribution in [3.8, 4) is 11.5 Å². The second kappa shape index (κ2) is 10.5. The van der Waals surface area contributed by atoms with Crippen molar-refractivity contribution in [2.24, 2.45) is 0 Å². The lowest BCUT2D eigenvalue weighted by Crippen LogP contribution is -2.43. The van der Waals surface area contributed by atoms with Gasteiger partial charge < -0.3 is 9.64 Å². The number of hydrogen-bond donors (Lipinski definition) is 0. The van der Waals surface area contributed by atoms with Gasteiger partial charge in [-0.25, -0.2) is 9.69 Å². The number of imide groups is 1. The van der Waals surface area contributed by atoms with Crippen LogP contribution >= 0.6 is 0 Å². The minimum atomic E-state index is -4.43. The first-order chi connectivity index (χ1) is 19.0. The molecule has 0 bridgehead atoms. The molecule has 8 heteroatoms. The van der Waals surface area contributed by atoms with E-state index in [0.29, 0.717) is 17.9 Å². The number of carbonyl (C=O) groups excluding carboxylic acids is 2. The summed E-state index contributed by atoms with van der Waals surface area (Å²) in [6.07, 6.45) is -3.72. The molecule has 3 amide bonds. The summed E-state index contributed by atoms with van der Waals surface area (Å²) < 4.78 is 44.1. The lowest BCUT2D eigenvalue weighted by molar-refractivity contribution is -0.137. The molecule has 0 radical (unpaired) electrons. The van der Waals surface area contributed by atoms with Gasteiger partial charge >= 0.3 is 12.2 Å². The molecule has 4 aromatic carbocycles. The van der Waals surface area contributed by atoms with Crippen LogP contribution in [-0.4, -0.2) is 22.4 Å². The Balaban J connectivity index is 1.33. The Bertz CT molecular complexity index is 1520. The summed E-state index contributed by atoms with van der Waals surface area (Å²) in [6.45, 7) is 3.73. The van der Waals surface area contributed by atoms with Gasteiger partial charge in [-0.1, -0.05) is 54.6 Å². The molecular formula is C32H27F3N2O3. The van der Waals surface area contributed by atoms with Gasteiger partial charge in [0.2, 0.25) is 0 Å². The van der Waals surface area contributed by atoms with Gasteiger partial charge in [-0.15, -0.1) is 0 Å². The van der Waals surface area contributed by atoms with Crippen molar-refractivity contribution in [2.45, 2.75) is 38.5 Å². The Labute approximate surface area is 230 Å².